The quantitative estimate of drug-likeness (QED) is 0.173. The van der Waals surface area contributed by atoms with Gasteiger partial charge in [-0.1, -0.05) is 53.8 Å². The molecule has 0 bridgehead atoms. The Hall–Kier alpha value is -4.74. The van der Waals surface area contributed by atoms with Gasteiger partial charge in [0.2, 0.25) is 0 Å². The average Bonchev–Trinajstić information content (AvgIpc) is 3.59. The summed E-state index contributed by atoms with van der Waals surface area (Å²) in [6, 6.07) is 21.5. The lowest BCUT2D eigenvalue weighted by Gasteiger charge is -2.26. The highest BCUT2D eigenvalue weighted by Gasteiger charge is 2.35. The lowest BCUT2D eigenvalue weighted by molar-refractivity contribution is -0.138. The molecule has 1 atom stereocenters. The summed E-state index contributed by atoms with van der Waals surface area (Å²) in [5, 5.41) is 1.18. The first-order valence-electron chi connectivity index (χ1n) is 13.9. The molecule has 5 aromatic rings. The number of nitrogens with zero attached hydrogens (tertiary/aromatic N) is 4. The number of methoxy groups -OCH3 is 1. The molecule has 0 aliphatic carbocycles. The summed E-state index contributed by atoms with van der Waals surface area (Å²) < 4.78 is 18.9. The lowest BCUT2D eigenvalue weighted by atomic mass is 9.93. The van der Waals surface area contributed by atoms with Gasteiger partial charge < -0.3 is 13.9 Å². The van der Waals surface area contributed by atoms with E-state index in [4.69, 9.17) is 18.9 Å². The first kappa shape index (κ1) is 29.3. The van der Waals surface area contributed by atoms with Gasteiger partial charge in [0.05, 0.1) is 35.6 Å². The third-order valence-corrected chi connectivity index (χ3v) is 8.60. The highest BCUT2D eigenvalue weighted by Crippen LogP contribution is 2.35. The molecule has 44 heavy (non-hydrogen) atoms. The number of hydrogen-bond acceptors (Lipinski definition) is 10. The Balaban J connectivity index is 1.50. The second-order valence-electron chi connectivity index (χ2n) is 9.90. The summed E-state index contributed by atoms with van der Waals surface area (Å²) in [5.74, 6) is 0.617. The van der Waals surface area contributed by atoms with Crippen LogP contribution in [0, 0.1) is 13.8 Å². The van der Waals surface area contributed by atoms with Crippen molar-refractivity contribution in [3.63, 3.8) is 0 Å². The van der Waals surface area contributed by atoms with Gasteiger partial charge in [-0.2, -0.15) is 0 Å². The van der Waals surface area contributed by atoms with Crippen molar-refractivity contribution in [1.82, 2.24) is 14.5 Å². The number of carbonyl (C=O) groups is 1. The van der Waals surface area contributed by atoms with Crippen molar-refractivity contribution in [2.75, 3.05) is 13.7 Å². The van der Waals surface area contributed by atoms with Crippen LogP contribution in [0.5, 0.6) is 5.75 Å². The number of hydrogen-bond donors (Lipinski definition) is 0. The van der Waals surface area contributed by atoms with Crippen LogP contribution in [0.3, 0.4) is 0 Å². The van der Waals surface area contributed by atoms with E-state index < -0.39 is 12.0 Å². The standard InChI is InChI=1S/C33H28N4O5S2/c1-5-41-31(39)27-28(21-9-7-6-8-10-21)36-33-37(29(27)22-11-13-23(40-4)14-12-22)30(38)25(43-33)18-24-15-16-26(42-24)44-32-34-19(2)17-20(3)35-32/h6-18,29H,5H2,1-4H3/b25-18+/t29-/m1/s1. The number of fused-ring (bicyclic) bond motifs is 1. The Bertz CT molecular complexity index is 2040. The van der Waals surface area contributed by atoms with Gasteiger partial charge in [0, 0.05) is 23.0 Å². The molecule has 0 N–H and O–H groups in total. The number of aromatic nitrogens is 3. The van der Waals surface area contributed by atoms with Gasteiger partial charge in [0.15, 0.2) is 15.1 Å². The van der Waals surface area contributed by atoms with Crippen LogP contribution in [-0.4, -0.2) is 34.2 Å². The van der Waals surface area contributed by atoms with Gasteiger partial charge in [0.1, 0.15) is 11.5 Å². The minimum Gasteiger partial charge on any atom is -0.497 e. The minimum atomic E-state index is -0.780. The number of rotatable bonds is 8. The van der Waals surface area contributed by atoms with Crippen molar-refractivity contribution >= 4 is 40.8 Å². The highest BCUT2D eigenvalue weighted by molar-refractivity contribution is 7.99. The Morgan fingerprint density at radius 2 is 1.77 bits per heavy atom. The molecule has 6 rings (SSSR count). The van der Waals surface area contributed by atoms with E-state index in [1.807, 2.05) is 68.4 Å². The van der Waals surface area contributed by atoms with Crippen molar-refractivity contribution in [1.29, 1.82) is 0 Å². The maximum Gasteiger partial charge on any atom is 0.338 e. The summed E-state index contributed by atoms with van der Waals surface area (Å²) in [7, 11) is 1.59. The van der Waals surface area contributed by atoms with Gasteiger partial charge >= 0.3 is 5.97 Å². The molecule has 1 aliphatic heterocycles. The molecule has 2 aromatic carbocycles. The van der Waals surface area contributed by atoms with Crippen molar-refractivity contribution in [3.8, 4) is 5.75 Å². The van der Waals surface area contributed by atoms with Gasteiger partial charge in [0.25, 0.3) is 5.56 Å². The zero-order chi connectivity index (χ0) is 30.8. The second kappa shape index (κ2) is 12.5. The number of ether oxygens (including phenoxy) is 2. The van der Waals surface area contributed by atoms with Crippen LogP contribution in [-0.2, 0) is 9.53 Å². The van der Waals surface area contributed by atoms with Crippen molar-refractivity contribution in [2.24, 2.45) is 4.99 Å². The van der Waals surface area contributed by atoms with Crippen molar-refractivity contribution < 1.29 is 18.7 Å². The second-order valence-corrected chi connectivity index (χ2v) is 11.9. The molecular formula is C33H28N4O5S2. The fourth-order valence-corrected chi connectivity index (χ4v) is 6.78. The Labute approximate surface area is 261 Å². The van der Waals surface area contributed by atoms with Crippen LogP contribution < -0.4 is 19.6 Å². The summed E-state index contributed by atoms with van der Waals surface area (Å²) >= 11 is 2.54. The Morgan fingerprint density at radius 3 is 2.45 bits per heavy atom. The number of aryl methyl sites for hydroxylation is 2. The topological polar surface area (TPSA) is 109 Å². The molecule has 0 spiro atoms. The van der Waals surface area contributed by atoms with Crippen LogP contribution >= 0.6 is 23.1 Å². The van der Waals surface area contributed by atoms with Crippen molar-refractivity contribution in [3.05, 3.63) is 126 Å². The van der Waals surface area contributed by atoms with E-state index in [-0.39, 0.29) is 17.7 Å². The lowest BCUT2D eigenvalue weighted by Crippen LogP contribution is -2.40. The summed E-state index contributed by atoms with van der Waals surface area (Å²) in [6.45, 7) is 5.76. The first-order valence-corrected chi connectivity index (χ1v) is 15.5. The molecule has 3 aromatic heterocycles. The molecule has 0 amide bonds. The third kappa shape index (κ3) is 5.88. The molecule has 4 heterocycles. The summed E-state index contributed by atoms with van der Waals surface area (Å²) in [4.78, 5) is 41.9. The monoisotopic (exact) mass is 624 g/mol. The molecule has 0 radical (unpaired) electrons. The van der Waals surface area contributed by atoms with E-state index in [0.29, 0.717) is 36.8 Å². The number of carbonyl (C=O) groups excluding carboxylic acids is 1. The number of thiazole rings is 1. The minimum absolute atomic E-state index is 0.177. The van der Waals surface area contributed by atoms with E-state index in [2.05, 4.69) is 9.97 Å². The number of esters is 1. The van der Waals surface area contributed by atoms with Gasteiger partial charge in [-0.3, -0.25) is 9.36 Å². The van der Waals surface area contributed by atoms with E-state index >= 15 is 0 Å². The Morgan fingerprint density at radius 1 is 1.05 bits per heavy atom. The first-order chi connectivity index (χ1) is 21.3. The van der Waals surface area contributed by atoms with Crippen LogP contribution in [0.4, 0.5) is 0 Å². The summed E-state index contributed by atoms with van der Waals surface area (Å²) in [6.07, 6.45) is 1.69. The predicted octanol–water partition coefficient (Wildman–Crippen LogP) is 5.10. The summed E-state index contributed by atoms with van der Waals surface area (Å²) in [5.41, 5.74) is 3.65. The van der Waals surface area contributed by atoms with Crippen LogP contribution in [0.15, 0.2) is 103 Å². The molecule has 1 aliphatic rings. The predicted molar refractivity (Wildman–Crippen MR) is 168 cm³/mol. The molecule has 0 saturated carbocycles. The normalized spacial score (nSPS) is 14.7. The smallest absolute Gasteiger partial charge is 0.338 e. The molecular weight excluding hydrogens is 597 g/mol. The van der Waals surface area contributed by atoms with Gasteiger partial charge in [-0.25, -0.2) is 19.8 Å². The molecule has 11 heteroatoms. The van der Waals surface area contributed by atoms with Gasteiger partial charge in [-0.05, 0) is 68.4 Å². The van der Waals surface area contributed by atoms with Crippen LogP contribution in [0.2, 0.25) is 0 Å². The average molecular weight is 625 g/mol. The zero-order valence-corrected chi connectivity index (χ0v) is 26.1. The largest absolute Gasteiger partial charge is 0.497 e. The fourth-order valence-electron chi connectivity index (χ4n) is 4.97. The van der Waals surface area contributed by atoms with Crippen LogP contribution in [0.25, 0.3) is 11.8 Å². The van der Waals surface area contributed by atoms with E-state index in [0.717, 1.165) is 22.5 Å². The zero-order valence-electron chi connectivity index (χ0n) is 24.4. The fraction of sp³-hybridized carbons (Fsp3) is 0.182. The van der Waals surface area contributed by atoms with E-state index in [9.17, 15) is 9.59 Å². The molecule has 9 nitrogen and oxygen atoms in total. The molecule has 0 fully saturated rings. The number of furan rings is 1. The maximum absolute atomic E-state index is 14.1. The molecule has 222 valence electrons. The maximum atomic E-state index is 14.1. The van der Waals surface area contributed by atoms with Crippen LogP contribution in [0.1, 0.15) is 41.2 Å². The molecule has 0 saturated heterocycles. The van der Waals surface area contributed by atoms with E-state index in [1.54, 1.807) is 42.9 Å². The van der Waals surface area contributed by atoms with E-state index in [1.165, 1.54) is 23.1 Å². The van der Waals surface area contributed by atoms with Crippen molar-refractivity contribution in [2.45, 2.75) is 37.1 Å². The Kier molecular flexibility index (Phi) is 8.32. The third-order valence-electron chi connectivity index (χ3n) is 6.83. The SMILES string of the molecule is CCOC(=O)C1=C(c2ccccc2)N=c2s/c(=C/c3ccc(Sc4nc(C)cc(C)n4)o3)c(=O)n2[C@@H]1c1ccc(OC)cc1. The highest BCUT2D eigenvalue weighted by atomic mass is 32.2. The number of benzene rings is 2. The molecule has 0 unspecified atom stereocenters. The van der Waals surface area contributed by atoms with Gasteiger partial charge in [-0.15, -0.1) is 0 Å².